The van der Waals surface area contributed by atoms with Crippen molar-refractivity contribution in [2.45, 2.75) is 64.7 Å². The van der Waals surface area contributed by atoms with E-state index in [1.54, 1.807) is 11.0 Å². The lowest BCUT2D eigenvalue weighted by molar-refractivity contribution is 0.00984. The Balaban J connectivity index is 1.70. The van der Waals surface area contributed by atoms with Crippen LogP contribution in [-0.4, -0.2) is 29.2 Å². The molecule has 1 heterocycles. The van der Waals surface area contributed by atoms with Crippen molar-refractivity contribution < 1.29 is 18.7 Å². The van der Waals surface area contributed by atoms with Crippen molar-refractivity contribution in [1.82, 2.24) is 4.90 Å². The second-order valence-electron chi connectivity index (χ2n) is 8.65. The van der Waals surface area contributed by atoms with Crippen molar-refractivity contribution in [2.75, 3.05) is 6.54 Å². The van der Waals surface area contributed by atoms with Crippen LogP contribution >= 0.6 is 22.6 Å². The molecule has 0 aromatic heterocycles. The molecule has 2 aromatic carbocycles. The van der Waals surface area contributed by atoms with Gasteiger partial charge in [0, 0.05) is 12.6 Å². The molecule has 2 aromatic rings. The van der Waals surface area contributed by atoms with Crippen LogP contribution in [0.2, 0.25) is 0 Å². The number of ether oxygens (including phenoxy) is 2. The fourth-order valence-corrected chi connectivity index (χ4v) is 4.29. The predicted molar refractivity (Wildman–Crippen MR) is 124 cm³/mol. The minimum Gasteiger partial charge on any atom is -0.488 e. The summed E-state index contributed by atoms with van der Waals surface area (Å²) in [6.45, 7) is 6.63. The lowest BCUT2D eigenvalue weighted by Gasteiger charge is -2.37. The second kappa shape index (κ2) is 9.98. The molecule has 1 saturated heterocycles. The van der Waals surface area contributed by atoms with Gasteiger partial charge in [-0.1, -0.05) is 36.4 Å². The highest BCUT2D eigenvalue weighted by Gasteiger charge is 2.31. The molecular formula is C24H29FINO3. The molecule has 0 radical (unpaired) electrons. The number of carbonyl (C=O) groups excluding carboxylic acids is 1. The maximum atomic E-state index is 15.1. The highest BCUT2D eigenvalue weighted by Crippen LogP contribution is 2.30. The van der Waals surface area contributed by atoms with E-state index in [9.17, 15) is 4.79 Å². The number of hydrogen-bond donors (Lipinski definition) is 0. The fraction of sp³-hybridized carbons (Fsp3) is 0.458. The third kappa shape index (κ3) is 6.09. The Hall–Kier alpha value is -1.83. The lowest BCUT2D eigenvalue weighted by Crippen LogP contribution is -2.47. The van der Waals surface area contributed by atoms with E-state index in [1.165, 1.54) is 0 Å². The summed E-state index contributed by atoms with van der Waals surface area (Å²) in [5.74, 6) is 0.268. The highest BCUT2D eigenvalue weighted by molar-refractivity contribution is 14.1. The summed E-state index contributed by atoms with van der Waals surface area (Å²) in [6, 6.07) is 13.4. The molecule has 0 bridgehead atoms. The number of rotatable bonds is 5. The molecule has 0 saturated carbocycles. The second-order valence-corrected chi connectivity index (χ2v) is 9.73. The summed E-state index contributed by atoms with van der Waals surface area (Å²) in [6.07, 6.45) is 2.98. The van der Waals surface area contributed by atoms with E-state index in [0.29, 0.717) is 34.5 Å². The van der Waals surface area contributed by atoms with Gasteiger partial charge in [0.25, 0.3) is 0 Å². The number of benzene rings is 2. The van der Waals surface area contributed by atoms with Crippen LogP contribution in [0, 0.1) is 9.39 Å². The van der Waals surface area contributed by atoms with Crippen molar-refractivity contribution >= 4 is 28.7 Å². The largest absolute Gasteiger partial charge is 0.488 e. The molecular weight excluding hydrogens is 496 g/mol. The number of carbonyl (C=O) groups is 1. The minimum absolute atomic E-state index is 0.0602. The van der Waals surface area contributed by atoms with Crippen molar-refractivity contribution in [1.29, 1.82) is 0 Å². The Morgan fingerprint density at radius 2 is 1.90 bits per heavy atom. The number of halogens is 2. The van der Waals surface area contributed by atoms with Gasteiger partial charge in [-0.25, -0.2) is 9.18 Å². The van der Waals surface area contributed by atoms with Crippen LogP contribution in [0.25, 0.3) is 0 Å². The average molecular weight is 525 g/mol. The fourth-order valence-electron chi connectivity index (χ4n) is 3.60. The molecule has 30 heavy (non-hydrogen) atoms. The summed E-state index contributed by atoms with van der Waals surface area (Å²) in [4.78, 5) is 14.4. The Morgan fingerprint density at radius 3 is 2.60 bits per heavy atom. The summed E-state index contributed by atoms with van der Waals surface area (Å²) in [7, 11) is 0. The summed E-state index contributed by atoms with van der Waals surface area (Å²) in [5, 5.41) is 0. The van der Waals surface area contributed by atoms with Gasteiger partial charge >= 0.3 is 6.09 Å². The van der Waals surface area contributed by atoms with Gasteiger partial charge in [-0.05, 0) is 86.2 Å². The number of likely N-dealkylation sites (tertiary alicyclic amines) is 1. The maximum Gasteiger partial charge on any atom is 0.410 e. The van der Waals surface area contributed by atoms with E-state index in [0.717, 1.165) is 24.8 Å². The van der Waals surface area contributed by atoms with Crippen LogP contribution in [0.1, 0.15) is 51.2 Å². The predicted octanol–water partition coefficient (Wildman–Crippen LogP) is 6.34. The molecule has 1 unspecified atom stereocenters. The van der Waals surface area contributed by atoms with E-state index in [1.807, 2.05) is 79.8 Å². The van der Waals surface area contributed by atoms with Crippen LogP contribution < -0.4 is 4.74 Å². The molecule has 1 amide bonds. The molecule has 162 valence electrons. The first-order chi connectivity index (χ1) is 14.2. The number of piperidine rings is 1. The van der Waals surface area contributed by atoms with Gasteiger partial charge in [0.15, 0.2) is 0 Å². The molecule has 6 heteroatoms. The Labute approximate surface area is 191 Å². The molecule has 0 N–H and O–H groups in total. The quantitative estimate of drug-likeness (QED) is 0.428. The van der Waals surface area contributed by atoms with Crippen LogP contribution in [0.15, 0.2) is 42.5 Å². The van der Waals surface area contributed by atoms with Crippen molar-refractivity contribution in [2.24, 2.45) is 0 Å². The Morgan fingerprint density at radius 1 is 1.17 bits per heavy atom. The standard InChI is InChI=1S/C24H29FINO3/c1-24(2,3)30-23(28)27-14-8-7-11-19(27)15-18-12-13-20(22(26)21(18)25)29-16-17-9-5-4-6-10-17/h4-6,9-10,12-13,19H,7-8,11,14-16H2,1-3H3. The monoisotopic (exact) mass is 525 g/mol. The van der Waals surface area contributed by atoms with E-state index in [2.05, 4.69) is 0 Å². The molecule has 1 aliphatic rings. The minimum atomic E-state index is -0.544. The normalized spacial score (nSPS) is 17.0. The first kappa shape index (κ1) is 22.8. The van der Waals surface area contributed by atoms with Gasteiger partial charge in [-0.2, -0.15) is 0 Å². The first-order valence-corrected chi connectivity index (χ1v) is 11.5. The Kier molecular flexibility index (Phi) is 7.60. The molecule has 0 aliphatic carbocycles. The topological polar surface area (TPSA) is 38.8 Å². The summed E-state index contributed by atoms with van der Waals surface area (Å²) < 4.78 is 27.0. The number of amides is 1. The highest BCUT2D eigenvalue weighted by atomic mass is 127. The van der Waals surface area contributed by atoms with Crippen molar-refractivity contribution in [3.05, 3.63) is 63.0 Å². The smallest absolute Gasteiger partial charge is 0.410 e. The van der Waals surface area contributed by atoms with Gasteiger partial charge in [0.1, 0.15) is 23.8 Å². The first-order valence-electron chi connectivity index (χ1n) is 10.4. The van der Waals surface area contributed by atoms with Gasteiger partial charge in [0.2, 0.25) is 0 Å². The van der Waals surface area contributed by atoms with Crippen LogP contribution in [-0.2, 0) is 17.8 Å². The molecule has 3 rings (SSSR count). The lowest BCUT2D eigenvalue weighted by atomic mass is 9.95. The molecule has 0 spiro atoms. The van der Waals surface area contributed by atoms with Gasteiger partial charge < -0.3 is 14.4 Å². The SMILES string of the molecule is CC(C)(C)OC(=O)N1CCCCC1Cc1ccc(OCc2ccccc2)c(I)c1F. The van der Waals surface area contributed by atoms with Crippen LogP contribution in [0.3, 0.4) is 0 Å². The third-order valence-electron chi connectivity index (χ3n) is 5.07. The third-order valence-corrected chi connectivity index (χ3v) is 6.08. The van der Waals surface area contributed by atoms with Crippen molar-refractivity contribution in [3.8, 4) is 5.75 Å². The van der Waals surface area contributed by atoms with Crippen LogP contribution in [0.5, 0.6) is 5.75 Å². The van der Waals surface area contributed by atoms with E-state index < -0.39 is 5.60 Å². The zero-order chi connectivity index (χ0) is 21.7. The molecule has 1 fully saturated rings. The maximum absolute atomic E-state index is 15.1. The van der Waals surface area contributed by atoms with Crippen molar-refractivity contribution in [3.63, 3.8) is 0 Å². The van der Waals surface area contributed by atoms with Gasteiger partial charge in [-0.3, -0.25) is 0 Å². The van der Waals surface area contributed by atoms with E-state index >= 15 is 4.39 Å². The van der Waals surface area contributed by atoms with Gasteiger partial charge in [0.05, 0.1) is 3.57 Å². The van der Waals surface area contributed by atoms with E-state index in [4.69, 9.17) is 9.47 Å². The van der Waals surface area contributed by atoms with Gasteiger partial charge in [-0.15, -0.1) is 0 Å². The van der Waals surface area contributed by atoms with E-state index in [-0.39, 0.29) is 18.0 Å². The molecule has 1 aliphatic heterocycles. The summed E-state index contributed by atoms with van der Waals surface area (Å²) in [5.41, 5.74) is 1.09. The number of hydrogen-bond acceptors (Lipinski definition) is 3. The zero-order valence-electron chi connectivity index (χ0n) is 17.8. The molecule has 1 atom stereocenters. The zero-order valence-corrected chi connectivity index (χ0v) is 19.9. The number of nitrogens with zero attached hydrogens (tertiary/aromatic N) is 1. The summed E-state index contributed by atoms with van der Waals surface area (Å²) >= 11 is 2.00. The average Bonchev–Trinajstić information content (AvgIpc) is 2.71. The molecule has 4 nitrogen and oxygen atoms in total. The Bertz CT molecular complexity index is 867. The van der Waals surface area contributed by atoms with Crippen LogP contribution in [0.4, 0.5) is 9.18 Å².